The maximum absolute atomic E-state index is 12.0. The highest BCUT2D eigenvalue weighted by Crippen LogP contribution is 2.42. The Morgan fingerprint density at radius 1 is 0.889 bits per heavy atom. The summed E-state index contributed by atoms with van der Waals surface area (Å²) in [5.41, 5.74) is 0.641. The van der Waals surface area contributed by atoms with Crippen molar-refractivity contribution in [2.45, 2.75) is 84.5 Å². The van der Waals surface area contributed by atoms with Gasteiger partial charge < -0.3 is 9.16 Å². The van der Waals surface area contributed by atoms with E-state index < -0.39 is 20.1 Å². The van der Waals surface area contributed by atoms with Crippen molar-refractivity contribution in [3.05, 3.63) is 0 Å². The van der Waals surface area contributed by atoms with Gasteiger partial charge in [0.15, 0.2) is 0 Å². The Labute approximate surface area is 113 Å². The van der Waals surface area contributed by atoms with Gasteiger partial charge in [0.2, 0.25) is 0 Å². The lowest BCUT2D eigenvalue weighted by atomic mass is 10.2. The average Bonchev–Trinajstić information content (AvgIpc) is 2.09. The van der Waals surface area contributed by atoms with Gasteiger partial charge in [-0.2, -0.15) is 0 Å². The second-order valence-corrected chi connectivity index (χ2v) is 12.3. The molecule has 0 saturated heterocycles. The first-order valence-corrected chi connectivity index (χ1v) is 8.99. The smallest absolute Gasteiger partial charge is 0.488 e. The van der Waals surface area contributed by atoms with Gasteiger partial charge >= 0.3 is 6.16 Å². The molecule has 0 aliphatic heterocycles. The fourth-order valence-electron chi connectivity index (χ4n) is 2.77. The zero-order valence-electron chi connectivity index (χ0n) is 13.5. The maximum atomic E-state index is 12.0. The number of hydrogen-bond acceptors (Lipinski definition) is 3. The van der Waals surface area contributed by atoms with Crippen LogP contribution >= 0.6 is 0 Å². The Kier molecular flexibility index (Phi) is 5.91. The minimum absolute atomic E-state index is 0.380. The molecule has 0 aromatic carbocycles. The van der Waals surface area contributed by atoms with Crippen LogP contribution in [0, 0.1) is 0 Å². The van der Waals surface area contributed by atoms with Crippen LogP contribution in [0.5, 0.6) is 0 Å². The highest BCUT2D eigenvalue weighted by atomic mass is 28.4. The third kappa shape index (κ3) is 4.30. The van der Waals surface area contributed by atoms with Gasteiger partial charge in [0.05, 0.1) is 0 Å². The molecule has 0 rings (SSSR count). The van der Waals surface area contributed by atoms with Gasteiger partial charge in [-0.05, 0) is 37.4 Å². The zero-order valence-corrected chi connectivity index (χ0v) is 14.5. The largest absolute Gasteiger partial charge is 0.494 e. The molecule has 0 aromatic heterocycles. The Hall–Kier alpha value is -0.513. The number of ether oxygens (including phenoxy) is 1. The van der Waals surface area contributed by atoms with Crippen molar-refractivity contribution >= 4 is 14.5 Å². The minimum atomic E-state index is -2.16. The van der Waals surface area contributed by atoms with Crippen LogP contribution < -0.4 is 0 Å². The molecule has 0 radical (unpaired) electrons. The molecular weight excluding hydrogens is 244 g/mol. The monoisotopic (exact) mass is 274 g/mol. The Morgan fingerprint density at radius 2 is 1.22 bits per heavy atom. The van der Waals surface area contributed by atoms with Crippen molar-refractivity contribution in [1.29, 1.82) is 0 Å². The summed E-state index contributed by atoms with van der Waals surface area (Å²) in [4.78, 5) is 12.0. The zero-order chi connectivity index (χ0) is 14.7. The SMILES string of the molecule is CC(C)[Si](OC(=O)OC(C)(C)C)(C(C)C)C(C)C. The predicted octanol–water partition coefficient (Wildman–Crippen LogP) is 5.11. The van der Waals surface area contributed by atoms with Crippen molar-refractivity contribution in [2.75, 3.05) is 0 Å². The van der Waals surface area contributed by atoms with E-state index in [9.17, 15) is 4.79 Å². The summed E-state index contributed by atoms with van der Waals surface area (Å²) in [6.45, 7) is 18.5. The molecule has 0 bridgehead atoms. The Balaban J connectivity index is 5.08. The summed E-state index contributed by atoms with van der Waals surface area (Å²) in [7, 11) is -2.16. The van der Waals surface area contributed by atoms with Crippen LogP contribution in [-0.2, 0) is 9.16 Å². The van der Waals surface area contributed by atoms with Gasteiger partial charge in [0.1, 0.15) is 5.60 Å². The summed E-state index contributed by atoms with van der Waals surface area (Å²) in [5.74, 6) is 0. The van der Waals surface area contributed by atoms with E-state index in [4.69, 9.17) is 9.16 Å². The first-order chi connectivity index (χ1) is 7.93. The number of carbonyl (C=O) groups excluding carboxylic acids is 1. The third-order valence-corrected chi connectivity index (χ3v) is 9.29. The predicted molar refractivity (Wildman–Crippen MR) is 78.4 cm³/mol. The van der Waals surface area contributed by atoms with Gasteiger partial charge in [0.25, 0.3) is 8.32 Å². The van der Waals surface area contributed by atoms with E-state index in [0.29, 0.717) is 16.6 Å². The van der Waals surface area contributed by atoms with Gasteiger partial charge in [-0.25, -0.2) is 4.79 Å². The summed E-state index contributed by atoms with van der Waals surface area (Å²) in [6.07, 6.45) is -0.509. The van der Waals surface area contributed by atoms with Gasteiger partial charge in [-0.15, -0.1) is 0 Å². The summed E-state index contributed by atoms with van der Waals surface area (Å²) >= 11 is 0. The number of rotatable bonds is 4. The lowest BCUT2D eigenvalue weighted by Crippen LogP contribution is -2.50. The molecule has 0 aliphatic carbocycles. The fraction of sp³-hybridized carbons (Fsp3) is 0.929. The molecule has 0 N–H and O–H groups in total. The summed E-state index contributed by atoms with van der Waals surface area (Å²) in [5, 5.41) is 0. The van der Waals surface area contributed by atoms with E-state index in [0.717, 1.165) is 0 Å². The fourth-order valence-corrected chi connectivity index (χ4v) is 7.81. The molecule has 0 saturated carbocycles. The molecule has 0 heterocycles. The van der Waals surface area contributed by atoms with E-state index in [1.165, 1.54) is 0 Å². The van der Waals surface area contributed by atoms with Crippen LogP contribution in [0.3, 0.4) is 0 Å². The van der Waals surface area contributed by atoms with E-state index >= 15 is 0 Å². The van der Waals surface area contributed by atoms with Crippen molar-refractivity contribution in [2.24, 2.45) is 0 Å². The van der Waals surface area contributed by atoms with E-state index in [1.54, 1.807) is 0 Å². The summed E-state index contributed by atoms with van der Waals surface area (Å²) < 4.78 is 11.2. The van der Waals surface area contributed by atoms with Gasteiger partial charge in [0, 0.05) is 0 Å². The molecule has 108 valence electrons. The molecule has 0 aromatic rings. The molecule has 0 unspecified atom stereocenters. The van der Waals surface area contributed by atoms with Gasteiger partial charge in [-0.3, -0.25) is 0 Å². The van der Waals surface area contributed by atoms with Crippen LogP contribution in [0.15, 0.2) is 0 Å². The molecule has 0 fully saturated rings. The van der Waals surface area contributed by atoms with E-state index in [2.05, 4.69) is 41.5 Å². The first kappa shape index (κ1) is 17.5. The van der Waals surface area contributed by atoms with Crippen LogP contribution in [0.4, 0.5) is 4.79 Å². The standard InChI is InChI=1S/C14H30O3Si/c1-10(2)18(11(3)4,12(5)6)17-13(15)16-14(7,8)9/h10-12H,1-9H3. The van der Waals surface area contributed by atoms with Crippen molar-refractivity contribution in [3.63, 3.8) is 0 Å². The molecule has 0 atom stereocenters. The van der Waals surface area contributed by atoms with Crippen molar-refractivity contribution in [3.8, 4) is 0 Å². The maximum Gasteiger partial charge on any atom is 0.494 e. The number of carbonyl (C=O) groups is 1. The van der Waals surface area contributed by atoms with Crippen molar-refractivity contribution in [1.82, 2.24) is 0 Å². The molecule has 3 nitrogen and oxygen atoms in total. The van der Waals surface area contributed by atoms with E-state index in [-0.39, 0.29) is 0 Å². The summed E-state index contributed by atoms with van der Waals surface area (Å²) in [6, 6.07) is 0. The highest BCUT2D eigenvalue weighted by molar-refractivity contribution is 6.78. The molecular formula is C14H30O3Si. The molecule has 0 aliphatic rings. The quantitative estimate of drug-likeness (QED) is 0.527. The normalized spacial score (nSPS) is 13.3. The van der Waals surface area contributed by atoms with Crippen LogP contribution in [-0.4, -0.2) is 20.1 Å². The van der Waals surface area contributed by atoms with Crippen LogP contribution in [0.25, 0.3) is 0 Å². The lowest BCUT2D eigenvalue weighted by Gasteiger charge is -2.41. The lowest BCUT2D eigenvalue weighted by molar-refractivity contribution is 0.0167. The van der Waals surface area contributed by atoms with Crippen molar-refractivity contribution < 1.29 is 14.0 Å². The topological polar surface area (TPSA) is 35.5 Å². The third-order valence-electron chi connectivity index (χ3n) is 3.36. The van der Waals surface area contributed by atoms with Gasteiger partial charge in [-0.1, -0.05) is 41.5 Å². The van der Waals surface area contributed by atoms with E-state index in [1.807, 2.05) is 20.8 Å². The Morgan fingerprint density at radius 3 is 1.44 bits per heavy atom. The molecule has 4 heteroatoms. The second kappa shape index (κ2) is 6.09. The van der Waals surface area contributed by atoms with Crippen LogP contribution in [0.1, 0.15) is 62.3 Å². The first-order valence-electron chi connectivity index (χ1n) is 6.85. The van der Waals surface area contributed by atoms with Crippen LogP contribution in [0.2, 0.25) is 16.6 Å². The second-order valence-electron chi connectivity index (χ2n) is 6.88. The molecule has 0 amide bonds. The average molecular weight is 274 g/mol. The minimum Gasteiger partial charge on any atom is -0.488 e. The molecule has 0 spiro atoms. The molecule has 18 heavy (non-hydrogen) atoms. The Bertz CT molecular complexity index is 255. The number of hydrogen-bond donors (Lipinski definition) is 0. The highest BCUT2D eigenvalue weighted by Gasteiger charge is 2.49.